The summed E-state index contributed by atoms with van der Waals surface area (Å²) in [6.45, 7) is 3.07. The van der Waals surface area contributed by atoms with Crippen molar-refractivity contribution in [2.75, 3.05) is 13.1 Å². The normalized spacial score (nSPS) is 15.0. The Kier molecular flexibility index (Phi) is 5.79. The highest BCUT2D eigenvalue weighted by Gasteiger charge is 2.17. The van der Waals surface area contributed by atoms with Crippen molar-refractivity contribution in [3.05, 3.63) is 75.7 Å². The van der Waals surface area contributed by atoms with Gasteiger partial charge >= 0.3 is 0 Å². The van der Waals surface area contributed by atoms with Gasteiger partial charge in [-0.05, 0) is 44.1 Å². The number of hydrogen-bond acceptors (Lipinski definition) is 7. The molecule has 4 aromatic rings. The first kappa shape index (κ1) is 20.5. The monoisotopic (exact) mass is 445 g/mol. The lowest BCUT2D eigenvalue weighted by Gasteiger charge is -2.25. The second-order valence-corrected chi connectivity index (χ2v) is 8.66. The number of likely N-dealkylation sites (tertiary alicyclic amines) is 1. The zero-order valence-electron chi connectivity index (χ0n) is 17.5. The molecule has 1 aliphatic heterocycles. The van der Waals surface area contributed by atoms with Gasteiger partial charge in [-0.25, -0.2) is 19.5 Å². The standard InChI is InChI=1S/C24H23N5O2S/c30-22-19-9-3-2-8-18(19)20(23(31)29(22)21-10-4-5-11-25-21)14-26-24-27-17(16-32-24)15-28-12-6-1-7-13-28/h2-5,8-11,14,16,31H,1,6-7,12-13,15H2/b26-14+. The molecule has 7 nitrogen and oxygen atoms in total. The van der Waals surface area contributed by atoms with E-state index in [-0.39, 0.29) is 11.4 Å². The third-order valence-electron chi connectivity index (χ3n) is 5.66. The quantitative estimate of drug-likeness (QED) is 0.464. The molecule has 1 N–H and O–H groups in total. The van der Waals surface area contributed by atoms with Crippen molar-refractivity contribution in [3.63, 3.8) is 0 Å². The lowest BCUT2D eigenvalue weighted by atomic mass is 10.1. The molecule has 5 rings (SSSR count). The second-order valence-electron chi connectivity index (χ2n) is 7.83. The van der Waals surface area contributed by atoms with Crippen molar-refractivity contribution in [2.45, 2.75) is 25.8 Å². The van der Waals surface area contributed by atoms with Gasteiger partial charge in [0.2, 0.25) is 11.0 Å². The Balaban J connectivity index is 1.52. The second kappa shape index (κ2) is 9.02. The molecule has 162 valence electrons. The Morgan fingerprint density at radius 2 is 1.84 bits per heavy atom. The molecule has 1 fully saturated rings. The molecule has 1 aromatic carbocycles. The molecule has 8 heteroatoms. The average Bonchev–Trinajstić information content (AvgIpc) is 3.27. The first-order valence-electron chi connectivity index (χ1n) is 10.7. The molecule has 32 heavy (non-hydrogen) atoms. The maximum absolute atomic E-state index is 13.1. The van der Waals surface area contributed by atoms with E-state index < -0.39 is 0 Å². The van der Waals surface area contributed by atoms with Crippen molar-refractivity contribution in [3.8, 4) is 11.7 Å². The molecular weight excluding hydrogens is 422 g/mol. The van der Waals surface area contributed by atoms with Crippen LogP contribution in [0.3, 0.4) is 0 Å². The third kappa shape index (κ3) is 4.06. The minimum Gasteiger partial charge on any atom is -0.494 e. The van der Waals surface area contributed by atoms with Crippen LogP contribution in [-0.2, 0) is 6.54 Å². The number of hydrogen-bond donors (Lipinski definition) is 1. The van der Waals surface area contributed by atoms with Crippen LogP contribution in [0.2, 0.25) is 0 Å². The summed E-state index contributed by atoms with van der Waals surface area (Å²) in [5, 5.41) is 14.8. The number of benzene rings is 1. The largest absolute Gasteiger partial charge is 0.494 e. The predicted molar refractivity (Wildman–Crippen MR) is 128 cm³/mol. The summed E-state index contributed by atoms with van der Waals surface area (Å²) in [4.78, 5) is 28.9. The molecule has 0 atom stereocenters. The number of nitrogens with zero attached hydrogens (tertiary/aromatic N) is 5. The summed E-state index contributed by atoms with van der Waals surface area (Å²) in [5.74, 6) is 0.162. The van der Waals surface area contributed by atoms with E-state index in [9.17, 15) is 9.90 Å². The van der Waals surface area contributed by atoms with E-state index in [0.29, 0.717) is 27.3 Å². The van der Waals surface area contributed by atoms with Crippen LogP contribution in [0.1, 0.15) is 30.5 Å². The summed E-state index contributed by atoms with van der Waals surface area (Å²) in [5.41, 5.74) is 1.14. The average molecular weight is 446 g/mol. The van der Waals surface area contributed by atoms with Crippen LogP contribution in [0.5, 0.6) is 5.88 Å². The van der Waals surface area contributed by atoms with Crippen molar-refractivity contribution < 1.29 is 5.11 Å². The molecular formula is C24H23N5O2S. The third-order valence-corrected chi connectivity index (χ3v) is 6.46. The highest BCUT2D eigenvalue weighted by atomic mass is 32.1. The summed E-state index contributed by atoms with van der Waals surface area (Å²) < 4.78 is 1.22. The Labute approximate surface area is 189 Å². The predicted octanol–water partition coefficient (Wildman–Crippen LogP) is 4.28. The van der Waals surface area contributed by atoms with Gasteiger partial charge in [-0.3, -0.25) is 9.69 Å². The van der Waals surface area contributed by atoms with Gasteiger partial charge in [-0.1, -0.05) is 30.7 Å². The van der Waals surface area contributed by atoms with E-state index in [1.54, 1.807) is 42.7 Å². The van der Waals surface area contributed by atoms with E-state index in [1.165, 1.54) is 35.2 Å². The van der Waals surface area contributed by atoms with Gasteiger partial charge in [-0.15, -0.1) is 11.3 Å². The number of aromatic hydroxyl groups is 1. The van der Waals surface area contributed by atoms with E-state index in [4.69, 9.17) is 0 Å². The fraction of sp³-hybridized carbons (Fsp3) is 0.250. The van der Waals surface area contributed by atoms with Crippen LogP contribution < -0.4 is 5.56 Å². The number of piperidine rings is 1. The van der Waals surface area contributed by atoms with Crippen LogP contribution in [-0.4, -0.2) is 43.8 Å². The first-order valence-corrected chi connectivity index (χ1v) is 11.6. The van der Waals surface area contributed by atoms with Gasteiger partial charge in [0.05, 0.1) is 11.3 Å². The van der Waals surface area contributed by atoms with Gasteiger partial charge in [-0.2, -0.15) is 0 Å². The van der Waals surface area contributed by atoms with Crippen LogP contribution in [0, 0.1) is 0 Å². The Morgan fingerprint density at radius 1 is 1.06 bits per heavy atom. The van der Waals surface area contributed by atoms with Gasteiger partial charge in [0, 0.05) is 35.1 Å². The molecule has 0 saturated carbocycles. The van der Waals surface area contributed by atoms with E-state index in [2.05, 4.69) is 19.9 Å². The molecule has 0 aliphatic carbocycles. The van der Waals surface area contributed by atoms with E-state index in [0.717, 1.165) is 25.3 Å². The lowest BCUT2D eigenvalue weighted by Crippen LogP contribution is -2.29. The zero-order valence-corrected chi connectivity index (χ0v) is 18.3. The first-order chi connectivity index (χ1) is 15.7. The SMILES string of the molecule is O=c1c2ccccc2c(/C=N/c2nc(CN3CCCCC3)cs2)c(O)n1-c1ccccn1. The molecule has 0 bridgehead atoms. The molecule has 0 spiro atoms. The van der Waals surface area contributed by atoms with Crippen molar-refractivity contribution in [1.82, 2.24) is 19.4 Å². The Morgan fingerprint density at radius 3 is 2.62 bits per heavy atom. The minimum atomic E-state index is -0.327. The van der Waals surface area contributed by atoms with Crippen LogP contribution in [0.25, 0.3) is 16.6 Å². The summed E-state index contributed by atoms with van der Waals surface area (Å²) >= 11 is 1.47. The number of aliphatic imine (C=N–C) groups is 1. The summed E-state index contributed by atoms with van der Waals surface area (Å²) in [6, 6.07) is 12.4. The molecule has 4 heterocycles. The van der Waals surface area contributed by atoms with E-state index in [1.807, 2.05) is 17.5 Å². The molecule has 1 aliphatic rings. The summed E-state index contributed by atoms with van der Waals surface area (Å²) in [7, 11) is 0. The minimum absolute atomic E-state index is 0.193. The van der Waals surface area contributed by atoms with Crippen LogP contribution in [0.15, 0.2) is 63.8 Å². The maximum Gasteiger partial charge on any atom is 0.267 e. The summed E-state index contributed by atoms with van der Waals surface area (Å²) in [6.07, 6.45) is 6.96. The molecule has 1 saturated heterocycles. The van der Waals surface area contributed by atoms with Crippen molar-refractivity contribution >= 4 is 33.5 Å². The lowest BCUT2D eigenvalue weighted by molar-refractivity contribution is 0.219. The molecule has 3 aromatic heterocycles. The zero-order chi connectivity index (χ0) is 21.9. The van der Waals surface area contributed by atoms with Gasteiger partial charge in [0.25, 0.3) is 5.56 Å². The Bertz CT molecular complexity index is 1320. The molecule has 0 radical (unpaired) electrons. The van der Waals surface area contributed by atoms with E-state index >= 15 is 0 Å². The molecule has 0 amide bonds. The fourth-order valence-electron chi connectivity index (χ4n) is 4.08. The highest BCUT2D eigenvalue weighted by molar-refractivity contribution is 7.13. The smallest absolute Gasteiger partial charge is 0.267 e. The van der Waals surface area contributed by atoms with Gasteiger partial charge in [0.1, 0.15) is 5.82 Å². The Hall–Kier alpha value is -3.36. The number of aromatic nitrogens is 3. The number of rotatable bonds is 5. The van der Waals surface area contributed by atoms with Gasteiger partial charge in [0.15, 0.2) is 0 Å². The number of thiazole rings is 1. The van der Waals surface area contributed by atoms with Crippen molar-refractivity contribution in [1.29, 1.82) is 0 Å². The highest BCUT2D eigenvalue weighted by Crippen LogP contribution is 2.27. The molecule has 0 unspecified atom stereocenters. The van der Waals surface area contributed by atoms with Crippen LogP contribution in [0.4, 0.5) is 5.13 Å². The van der Waals surface area contributed by atoms with Gasteiger partial charge < -0.3 is 5.11 Å². The number of fused-ring (bicyclic) bond motifs is 1. The maximum atomic E-state index is 13.1. The number of pyridine rings is 2. The van der Waals surface area contributed by atoms with Crippen molar-refractivity contribution in [2.24, 2.45) is 4.99 Å². The fourth-order valence-corrected chi connectivity index (χ4v) is 4.73. The topological polar surface area (TPSA) is 83.6 Å². The van der Waals surface area contributed by atoms with Crippen LogP contribution >= 0.6 is 11.3 Å².